The van der Waals surface area contributed by atoms with E-state index in [1.165, 1.54) is 11.4 Å². The third kappa shape index (κ3) is 4.01. The van der Waals surface area contributed by atoms with Crippen LogP contribution in [0.25, 0.3) is 0 Å². The van der Waals surface area contributed by atoms with E-state index in [1.807, 2.05) is 13.0 Å². The van der Waals surface area contributed by atoms with E-state index in [9.17, 15) is 13.2 Å². The zero-order valence-electron chi connectivity index (χ0n) is 16.1. The van der Waals surface area contributed by atoms with Crippen molar-refractivity contribution in [2.24, 2.45) is 0 Å². The van der Waals surface area contributed by atoms with Gasteiger partial charge in [-0.15, -0.1) is 0 Å². The van der Waals surface area contributed by atoms with Crippen molar-refractivity contribution in [2.75, 3.05) is 33.3 Å². The molecule has 0 aromatic heterocycles. The average molecular weight is 423 g/mol. The van der Waals surface area contributed by atoms with Crippen LogP contribution in [0.5, 0.6) is 5.75 Å². The zero-order valence-corrected chi connectivity index (χ0v) is 17.7. The minimum absolute atomic E-state index is 0.220. The van der Waals surface area contributed by atoms with Crippen LogP contribution < -0.4 is 4.74 Å². The molecule has 8 heteroatoms. The smallest absolute Gasteiger partial charge is 0.257 e. The Morgan fingerprint density at radius 2 is 1.71 bits per heavy atom. The lowest BCUT2D eigenvalue weighted by Crippen LogP contribution is -2.50. The van der Waals surface area contributed by atoms with Gasteiger partial charge in [0.2, 0.25) is 10.0 Å². The quantitative estimate of drug-likeness (QED) is 0.759. The van der Waals surface area contributed by atoms with Crippen molar-refractivity contribution in [3.05, 3.63) is 58.1 Å². The van der Waals surface area contributed by atoms with Crippen molar-refractivity contribution < 1.29 is 17.9 Å². The van der Waals surface area contributed by atoms with Gasteiger partial charge in [-0.25, -0.2) is 8.42 Å². The van der Waals surface area contributed by atoms with Crippen LogP contribution in [-0.4, -0.2) is 56.8 Å². The predicted molar refractivity (Wildman–Crippen MR) is 109 cm³/mol. The highest BCUT2D eigenvalue weighted by molar-refractivity contribution is 7.89. The number of hydrogen-bond donors (Lipinski definition) is 0. The average Bonchev–Trinajstić information content (AvgIpc) is 2.67. The molecule has 150 valence electrons. The summed E-state index contributed by atoms with van der Waals surface area (Å²) < 4.78 is 32.7. The molecular weight excluding hydrogens is 400 g/mol. The lowest BCUT2D eigenvalue weighted by Gasteiger charge is -2.34. The summed E-state index contributed by atoms with van der Waals surface area (Å²) in [6, 6.07) is 10.2. The SMILES string of the molecule is COc1ccc(Cl)cc1C(=O)N1CCN(S(=O)(=O)c2ccc(C)cc2C)CC1. The Kier molecular flexibility index (Phi) is 5.98. The summed E-state index contributed by atoms with van der Waals surface area (Å²) in [6.45, 7) is 4.81. The first-order valence-electron chi connectivity index (χ1n) is 8.94. The van der Waals surface area contributed by atoms with Gasteiger partial charge in [-0.05, 0) is 43.7 Å². The minimum atomic E-state index is -3.59. The van der Waals surface area contributed by atoms with E-state index in [2.05, 4.69) is 0 Å². The molecule has 0 N–H and O–H groups in total. The number of methoxy groups -OCH3 is 1. The van der Waals surface area contributed by atoms with E-state index in [0.29, 0.717) is 34.3 Å². The predicted octanol–water partition coefficient (Wildman–Crippen LogP) is 3.11. The van der Waals surface area contributed by atoms with Gasteiger partial charge in [0.15, 0.2) is 0 Å². The van der Waals surface area contributed by atoms with Crippen molar-refractivity contribution in [1.82, 2.24) is 9.21 Å². The largest absolute Gasteiger partial charge is 0.496 e. The van der Waals surface area contributed by atoms with Crippen molar-refractivity contribution in [2.45, 2.75) is 18.7 Å². The van der Waals surface area contributed by atoms with Gasteiger partial charge in [-0.2, -0.15) is 4.31 Å². The summed E-state index contributed by atoms with van der Waals surface area (Å²) in [5, 5.41) is 0.445. The first-order chi connectivity index (χ1) is 13.2. The second kappa shape index (κ2) is 8.11. The lowest BCUT2D eigenvalue weighted by molar-refractivity contribution is 0.0694. The number of nitrogens with zero attached hydrogens (tertiary/aromatic N) is 2. The number of ether oxygens (including phenoxy) is 1. The number of rotatable bonds is 4. The van der Waals surface area contributed by atoms with Gasteiger partial charge in [0.25, 0.3) is 5.91 Å². The topological polar surface area (TPSA) is 66.9 Å². The molecule has 0 bridgehead atoms. The Bertz CT molecular complexity index is 999. The number of carbonyl (C=O) groups is 1. The van der Waals surface area contributed by atoms with E-state index in [0.717, 1.165) is 11.1 Å². The highest BCUT2D eigenvalue weighted by Crippen LogP contribution is 2.26. The van der Waals surface area contributed by atoms with Crippen LogP contribution in [0.4, 0.5) is 0 Å². The molecule has 3 rings (SSSR count). The van der Waals surface area contributed by atoms with Crippen molar-refractivity contribution in [3.63, 3.8) is 0 Å². The van der Waals surface area contributed by atoms with Gasteiger partial charge in [0.1, 0.15) is 5.75 Å². The van der Waals surface area contributed by atoms with Gasteiger partial charge in [-0.1, -0.05) is 29.3 Å². The number of halogens is 1. The van der Waals surface area contributed by atoms with Gasteiger partial charge >= 0.3 is 0 Å². The van der Waals surface area contributed by atoms with Crippen LogP contribution in [0, 0.1) is 13.8 Å². The van der Waals surface area contributed by atoms with E-state index < -0.39 is 10.0 Å². The maximum atomic E-state index is 13.0. The summed E-state index contributed by atoms with van der Waals surface area (Å²) in [6.07, 6.45) is 0. The molecule has 1 fully saturated rings. The number of hydrogen-bond acceptors (Lipinski definition) is 4. The molecule has 0 radical (unpaired) electrons. The van der Waals surface area contributed by atoms with Crippen molar-refractivity contribution in [3.8, 4) is 5.75 Å². The second-order valence-corrected chi connectivity index (χ2v) is 9.15. The Hall–Kier alpha value is -2.09. The van der Waals surface area contributed by atoms with Gasteiger partial charge in [-0.3, -0.25) is 4.79 Å². The first-order valence-corrected chi connectivity index (χ1v) is 10.8. The fourth-order valence-corrected chi connectivity index (χ4v) is 5.18. The summed E-state index contributed by atoms with van der Waals surface area (Å²) >= 11 is 6.02. The number of piperazine rings is 1. The molecule has 0 aliphatic carbocycles. The third-order valence-electron chi connectivity index (χ3n) is 4.87. The normalized spacial score (nSPS) is 15.5. The maximum absolute atomic E-state index is 13.0. The summed E-state index contributed by atoms with van der Waals surface area (Å²) in [4.78, 5) is 14.8. The number of benzene rings is 2. The fourth-order valence-electron chi connectivity index (χ4n) is 3.38. The molecule has 1 aliphatic rings. The standard InChI is InChI=1S/C20H23ClN2O4S/c1-14-4-7-19(15(2)12-14)28(25,26)23-10-8-22(9-11-23)20(24)17-13-16(21)5-6-18(17)27-3/h4-7,12-13H,8-11H2,1-3H3. The molecule has 2 aromatic carbocycles. The second-order valence-electron chi connectivity index (χ2n) is 6.81. The van der Waals surface area contributed by atoms with E-state index in [4.69, 9.17) is 16.3 Å². The molecule has 1 aliphatic heterocycles. The Morgan fingerprint density at radius 1 is 1.04 bits per heavy atom. The minimum Gasteiger partial charge on any atom is -0.496 e. The van der Waals surface area contributed by atoms with Crippen LogP contribution in [0.2, 0.25) is 5.02 Å². The molecule has 0 atom stereocenters. The van der Waals surface area contributed by atoms with E-state index in [-0.39, 0.29) is 19.0 Å². The van der Waals surface area contributed by atoms with Crippen LogP contribution in [-0.2, 0) is 10.0 Å². The number of carbonyl (C=O) groups excluding carboxylic acids is 1. The van der Waals surface area contributed by atoms with Crippen LogP contribution in [0.3, 0.4) is 0 Å². The fraction of sp³-hybridized carbons (Fsp3) is 0.350. The molecule has 28 heavy (non-hydrogen) atoms. The maximum Gasteiger partial charge on any atom is 0.257 e. The Labute approximate surface area is 170 Å². The van der Waals surface area contributed by atoms with Crippen molar-refractivity contribution in [1.29, 1.82) is 0 Å². The molecular formula is C20H23ClN2O4S. The highest BCUT2D eigenvalue weighted by atomic mass is 35.5. The molecule has 1 amide bonds. The van der Waals surface area contributed by atoms with Crippen LogP contribution in [0.1, 0.15) is 21.5 Å². The van der Waals surface area contributed by atoms with Gasteiger partial charge in [0.05, 0.1) is 17.6 Å². The van der Waals surface area contributed by atoms with Gasteiger partial charge < -0.3 is 9.64 Å². The highest BCUT2D eigenvalue weighted by Gasteiger charge is 2.32. The summed E-state index contributed by atoms with van der Waals surface area (Å²) in [5.41, 5.74) is 2.12. The molecule has 1 saturated heterocycles. The molecule has 1 heterocycles. The summed E-state index contributed by atoms with van der Waals surface area (Å²) in [5.74, 6) is 0.225. The molecule has 0 saturated carbocycles. The monoisotopic (exact) mass is 422 g/mol. The van der Waals surface area contributed by atoms with E-state index in [1.54, 1.807) is 42.2 Å². The zero-order chi connectivity index (χ0) is 20.5. The summed E-state index contributed by atoms with van der Waals surface area (Å²) in [7, 11) is -2.10. The lowest BCUT2D eigenvalue weighted by atomic mass is 10.1. The van der Waals surface area contributed by atoms with Gasteiger partial charge in [0, 0.05) is 31.2 Å². The number of amides is 1. The third-order valence-corrected chi connectivity index (χ3v) is 7.16. The molecule has 0 unspecified atom stereocenters. The number of sulfonamides is 1. The number of aryl methyl sites for hydroxylation is 2. The van der Waals surface area contributed by atoms with Crippen LogP contribution in [0.15, 0.2) is 41.3 Å². The molecule has 6 nitrogen and oxygen atoms in total. The van der Waals surface area contributed by atoms with Crippen LogP contribution >= 0.6 is 11.6 Å². The first kappa shape index (κ1) is 20.6. The van der Waals surface area contributed by atoms with E-state index >= 15 is 0 Å². The van der Waals surface area contributed by atoms with Crippen molar-refractivity contribution >= 4 is 27.5 Å². The molecule has 2 aromatic rings. The molecule has 0 spiro atoms. The Morgan fingerprint density at radius 3 is 2.32 bits per heavy atom. The Balaban J connectivity index is 1.75.